The van der Waals surface area contributed by atoms with Gasteiger partial charge in [-0.1, -0.05) is 12.1 Å². The third-order valence-corrected chi connectivity index (χ3v) is 4.66. The Bertz CT molecular complexity index is 682. The Morgan fingerprint density at radius 1 is 1.26 bits per heavy atom. The van der Waals surface area contributed by atoms with Crippen molar-refractivity contribution in [3.05, 3.63) is 35.4 Å². The summed E-state index contributed by atoms with van der Waals surface area (Å²) in [7, 11) is 0. The number of benzene rings is 1. The van der Waals surface area contributed by atoms with Crippen LogP contribution in [0, 0.1) is 0 Å². The van der Waals surface area contributed by atoms with Gasteiger partial charge in [0.15, 0.2) is 0 Å². The molecule has 4 N–H and O–H groups in total. The number of piperazine rings is 1. The first-order chi connectivity index (χ1) is 12.6. The van der Waals surface area contributed by atoms with Crippen LogP contribution in [0.3, 0.4) is 0 Å². The van der Waals surface area contributed by atoms with Crippen LogP contribution in [0.1, 0.15) is 28.8 Å². The van der Waals surface area contributed by atoms with Gasteiger partial charge in [-0.25, -0.2) is 0 Å². The van der Waals surface area contributed by atoms with Crippen LogP contribution in [0.2, 0.25) is 0 Å². The second kappa shape index (κ2) is 9.68. The van der Waals surface area contributed by atoms with E-state index in [1.807, 2.05) is 0 Å². The number of nitrogens with one attached hydrogen (secondary N) is 2. The number of rotatable bonds is 5. The van der Waals surface area contributed by atoms with Gasteiger partial charge in [-0.3, -0.25) is 14.4 Å². The number of nitrogens with two attached hydrogens (primary N) is 1. The van der Waals surface area contributed by atoms with Crippen LogP contribution in [0.4, 0.5) is 0 Å². The van der Waals surface area contributed by atoms with Gasteiger partial charge in [0.1, 0.15) is 6.10 Å². The monoisotopic (exact) mass is 396 g/mol. The Morgan fingerprint density at radius 2 is 2.00 bits per heavy atom. The Morgan fingerprint density at radius 3 is 2.63 bits per heavy atom. The summed E-state index contributed by atoms with van der Waals surface area (Å²) in [5, 5.41) is 5.54. The van der Waals surface area contributed by atoms with Crippen molar-refractivity contribution in [1.82, 2.24) is 15.5 Å². The quantitative estimate of drug-likeness (QED) is 0.638. The number of amides is 3. The number of hydrogen-bond donors (Lipinski definition) is 3. The second-order valence-electron chi connectivity index (χ2n) is 6.55. The van der Waals surface area contributed by atoms with Crippen LogP contribution >= 0.6 is 12.4 Å². The van der Waals surface area contributed by atoms with Crippen molar-refractivity contribution >= 4 is 30.1 Å². The standard InChI is InChI=1S/C18H24N4O4.ClH/c19-9-14-5-6-15(26-14)17(24)21-10-12-1-3-13(4-2-12)18(25)22-8-7-20-16(23)11-22;/h1-4,14-15H,5-11,19H2,(H,20,23)(H,21,24);1H/t14-,15+;/m1./s1. The molecule has 2 saturated heterocycles. The van der Waals surface area contributed by atoms with Crippen molar-refractivity contribution in [2.24, 2.45) is 5.73 Å². The highest BCUT2D eigenvalue weighted by Crippen LogP contribution is 2.19. The Labute approximate surface area is 164 Å². The molecule has 9 heteroatoms. The maximum absolute atomic E-state index is 12.4. The van der Waals surface area contributed by atoms with E-state index < -0.39 is 6.10 Å². The molecule has 2 aliphatic heterocycles. The lowest BCUT2D eigenvalue weighted by Gasteiger charge is -2.26. The summed E-state index contributed by atoms with van der Waals surface area (Å²) in [4.78, 5) is 37.4. The van der Waals surface area contributed by atoms with E-state index in [0.717, 1.165) is 12.0 Å². The van der Waals surface area contributed by atoms with E-state index in [4.69, 9.17) is 10.5 Å². The molecule has 0 saturated carbocycles. The maximum Gasteiger partial charge on any atom is 0.254 e. The normalized spacial score (nSPS) is 22.0. The van der Waals surface area contributed by atoms with Crippen LogP contribution in [0.5, 0.6) is 0 Å². The van der Waals surface area contributed by atoms with Crippen molar-refractivity contribution in [3.63, 3.8) is 0 Å². The van der Waals surface area contributed by atoms with E-state index >= 15 is 0 Å². The number of nitrogens with zero attached hydrogens (tertiary/aromatic N) is 1. The number of carbonyl (C=O) groups excluding carboxylic acids is 3. The van der Waals surface area contributed by atoms with Crippen molar-refractivity contribution in [3.8, 4) is 0 Å². The van der Waals surface area contributed by atoms with Gasteiger partial charge < -0.3 is 26.0 Å². The van der Waals surface area contributed by atoms with E-state index in [1.165, 1.54) is 4.90 Å². The Hall–Kier alpha value is -2.16. The van der Waals surface area contributed by atoms with Gasteiger partial charge in [0, 0.05) is 31.7 Å². The highest BCUT2D eigenvalue weighted by molar-refractivity contribution is 5.97. The molecule has 8 nitrogen and oxygen atoms in total. The number of carbonyl (C=O) groups is 3. The van der Waals surface area contributed by atoms with Gasteiger partial charge in [0.25, 0.3) is 5.91 Å². The lowest BCUT2D eigenvalue weighted by molar-refractivity contribution is -0.132. The van der Waals surface area contributed by atoms with Gasteiger partial charge in [0.05, 0.1) is 12.6 Å². The van der Waals surface area contributed by atoms with Crippen molar-refractivity contribution in [1.29, 1.82) is 0 Å². The molecule has 3 amide bonds. The van der Waals surface area contributed by atoms with Crippen LogP contribution in [0.25, 0.3) is 0 Å². The molecule has 0 aromatic heterocycles. The molecule has 0 bridgehead atoms. The first-order valence-corrected chi connectivity index (χ1v) is 8.85. The molecule has 0 unspecified atom stereocenters. The summed E-state index contributed by atoms with van der Waals surface area (Å²) >= 11 is 0. The molecular formula is C18H25ClN4O4. The Balaban J connectivity index is 0.00000261. The molecule has 3 rings (SSSR count). The van der Waals surface area contributed by atoms with Crippen LogP contribution in [-0.2, 0) is 20.9 Å². The molecular weight excluding hydrogens is 372 g/mol. The minimum absolute atomic E-state index is 0. The lowest BCUT2D eigenvalue weighted by Crippen LogP contribution is -2.49. The summed E-state index contributed by atoms with van der Waals surface area (Å²) in [6.07, 6.45) is 1.02. The molecule has 2 aliphatic rings. The summed E-state index contributed by atoms with van der Waals surface area (Å²) in [5.74, 6) is -0.446. The molecule has 0 spiro atoms. The average Bonchev–Trinajstić information content (AvgIpc) is 3.15. The molecule has 1 aromatic carbocycles. The van der Waals surface area contributed by atoms with E-state index in [2.05, 4.69) is 10.6 Å². The summed E-state index contributed by atoms with van der Waals surface area (Å²) in [5.41, 5.74) is 6.97. The highest BCUT2D eigenvalue weighted by atomic mass is 35.5. The summed E-state index contributed by atoms with van der Waals surface area (Å²) < 4.78 is 5.57. The molecule has 2 heterocycles. The predicted molar refractivity (Wildman–Crippen MR) is 101 cm³/mol. The van der Waals surface area contributed by atoms with Gasteiger partial charge in [-0.05, 0) is 30.5 Å². The number of ether oxygens (including phenoxy) is 1. The third-order valence-electron chi connectivity index (χ3n) is 4.66. The predicted octanol–water partition coefficient (Wildman–Crippen LogP) is -0.197. The van der Waals surface area contributed by atoms with Crippen molar-refractivity contribution in [2.75, 3.05) is 26.2 Å². The molecule has 1 aromatic rings. The van der Waals surface area contributed by atoms with Crippen molar-refractivity contribution in [2.45, 2.75) is 31.6 Å². The summed E-state index contributed by atoms with van der Waals surface area (Å²) in [6.45, 7) is 1.86. The molecule has 0 aliphatic carbocycles. The van der Waals surface area contributed by atoms with Crippen LogP contribution < -0.4 is 16.4 Å². The smallest absolute Gasteiger partial charge is 0.254 e. The first-order valence-electron chi connectivity index (χ1n) is 8.85. The minimum atomic E-state index is -0.436. The van der Waals surface area contributed by atoms with Crippen LogP contribution in [0.15, 0.2) is 24.3 Å². The average molecular weight is 397 g/mol. The maximum atomic E-state index is 12.4. The van der Waals surface area contributed by atoms with E-state index in [0.29, 0.717) is 38.2 Å². The number of hydrogen-bond acceptors (Lipinski definition) is 5. The molecule has 0 radical (unpaired) electrons. The fraction of sp³-hybridized carbons (Fsp3) is 0.500. The zero-order chi connectivity index (χ0) is 18.5. The summed E-state index contributed by atoms with van der Waals surface area (Å²) in [6, 6.07) is 7.03. The van der Waals surface area contributed by atoms with Gasteiger partial charge in [0.2, 0.25) is 11.8 Å². The fourth-order valence-electron chi connectivity index (χ4n) is 3.13. The lowest BCUT2D eigenvalue weighted by atomic mass is 10.1. The van der Waals surface area contributed by atoms with Crippen molar-refractivity contribution < 1.29 is 19.1 Å². The number of halogens is 1. The zero-order valence-corrected chi connectivity index (χ0v) is 15.8. The van der Waals surface area contributed by atoms with Gasteiger partial charge >= 0.3 is 0 Å². The minimum Gasteiger partial charge on any atom is -0.364 e. The first kappa shape index (κ1) is 21.1. The van der Waals surface area contributed by atoms with E-state index in [1.54, 1.807) is 24.3 Å². The SMILES string of the molecule is Cl.NC[C@H]1CC[C@@H](C(=O)NCc2ccc(C(=O)N3CCNC(=O)C3)cc2)O1. The Kier molecular flexibility index (Phi) is 7.58. The zero-order valence-electron chi connectivity index (χ0n) is 15.0. The fourth-order valence-corrected chi connectivity index (χ4v) is 3.13. The molecule has 27 heavy (non-hydrogen) atoms. The highest BCUT2D eigenvalue weighted by Gasteiger charge is 2.29. The molecule has 148 valence electrons. The largest absolute Gasteiger partial charge is 0.364 e. The molecule has 2 atom stereocenters. The molecule has 2 fully saturated rings. The topological polar surface area (TPSA) is 114 Å². The van der Waals surface area contributed by atoms with Gasteiger partial charge in [-0.2, -0.15) is 0 Å². The van der Waals surface area contributed by atoms with Crippen LogP contribution in [-0.4, -0.2) is 61.0 Å². The second-order valence-corrected chi connectivity index (χ2v) is 6.55. The third kappa shape index (κ3) is 5.41. The van der Waals surface area contributed by atoms with E-state index in [9.17, 15) is 14.4 Å². The van der Waals surface area contributed by atoms with Gasteiger partial charge in [-0.15, -0.1) is 12.4 Å². The van der Waals surface area contributed by atoms with E-state index in [-0.39, 0.29) is 42.8 Å².